The molecule has 4 aliphatic rings. The fourth-order valence-electron chi connectivity index (χ4n) is 8.09. The smallest absolute Gasteiger partial charge is 0.315 e. The quantitative estimate of drug-likeness (QED) is 0.192. The summed E-state index contributed by atoms with van der Waals surface area (Å²) in [5.41, 5.74) is 4.23. The second kappa shape index (κ2) is 14.4. The van der Waals surface area contributed by atoms with E-state index in [1.807, 2.05) is 27.7 Å². The number of sulfone groups is 1. The molecule has 4 rings (SSSR count). The van der Waals surface area contributed by atoms with Gasteiger partial charge in [0.1, 0.15) is 12.1 Å². The van der Waals surface area contributed by atoms with Crippen LogP contribution in [0.3, 0.4) is 0 Å². The van der Waals surface area contributed by atoms with Gasteiger partial charge in [0.05, 0.1) is 23.1 Å². The maximum absolute atomic E-state index is 14.2. The maximum atomic E-state index is 14.2. The summed E-state index contributed by atoms with van der Waals surface area (Å²) in [6.45, 7) is 12.0. The Bertz CT molecular complexity index is 1320. The summed E-state index contributed by atoms with van der Waals surface area (Å²) in [4.78, 5) is 67.7. The minimum Gasteiger partial charge on any atom is -0.363 e. The van der Waals surface area contributed by atoms with Crippen LogP contribution >= 0.6 is 0 Å². The van der Waals surface area contributed by atoms with Crippen molar-refractivity contribution in [1.29, 1.82) is 0 Å². The van der Waals surface area contributed by atoms with E-state index < -0.39 is 63.0 Å². The first kappa shape index (κ1) is 37.1. The van der Waals surface area contributed by atoms with Gasteiger partial charge in [-0.15, -0.1) is 0 Å². The predicted molar refractivity (Wildman–Crippen MR) is 179 cm³/mol. The van der Waals surface area contributed by atoms with Crippen LogP contribution in [-0.4, -0.2) is 84.6 Å². The number of rotatable bonds is 15. The van der Waals surface area contributed by atoms with Crippen molar-refractivity contribution in [3.8, 4) is 0 Å². The van der Waals surface area contributed by atoms with Crippen molar-refractivity contribution in [3.05, 3.63) is 0 Å². The Morgan fingerprint density at radius 3 is 2.11 bits per heavy atom. The molecule has 12 nitrogen and oxygen atoms in total. The molecule has 5 N–H and O–H groups in total. The number of hydrogen-bond acceptors (Lipinski definition) is 7. The Kier molecular flexibility index (Phi) is 11.4. The lowest BCUT2D eigenvalue weighted by Crippen LogP contribution is -2.62. The highest BCUT2D eigenvalue weighted by atomic mass is 32.2. The number of likely N-dealkylation sites (tertiary alicyclic amines) is 1. The van der Waals surface area contributed by atoms with Crippen LogP contribution in [-0.2, 0) is 29.0 Å². The monoisotopic (exact) mass is 679 g/mol. The van der Waals surface area contributed by atoms with Gasteiger partial charge < -0.3 is 26.6 Å². The number of amides is 5. The number of primary amides is 1. The van der Waals surface area contributed by atoms with E-state index in [1.54, 1.807) is 0 Å². The molecular weight excluding hydrogens is 622 g/mol. The zero-order chi connectivity index (χ0) is 34.9. The molecule has 0 spiro atoms. The van der Waals surface area contributed by atoms with Gasteiger partial charge in [-0.1, -0.05) is 80.1 Å². The molecule has 0 aromatic rings. The number of carbonyl (C=O) groups is 5. The highest BCUT2D eigenvalue weighted by molar-refractivity contribution is 7.91. The summed E-state index contributed by atoms with van der Waals surface area (Å²) in [6.07, 6.45) is 7.40. The lowest BCUT2D eigenvalue weighted by atomic mass is 9.80. The van der Waals surface area contributed by atoms with Crippen LogP contribution in [0.25, 0.3) is 0 Å². The summed E-state index contributed by atoms with van der Waals surface area (Å²) in [5.74, 6) is -2.84. The topological polar surface area (TPSA) is 185 Å². The van der Waals surface area contributed by atoms with E-state index in [1.165, 1.54) is 4.90 Å². The molecule has 3 unspecified atom stereocenters. The van der Waals surface area contributed by atoms with Crippen molar-refractivity contribution in [2.75, 3.05) is 18.1 Å². The standard InChI is InChI=1S/C34H57N5O7S/c1-20(2)13-16-47(45,46)19-34(14-8-7-9-15-34)38-32(44)37-26(21(3)4)31(43)39-18-23-25(33(23,5)6)27(39)30(42)36-24(28(40)29(35)41)17-22-11-10-12-22/h20-27H,7-19H2,1-6H3,(H2,35,41)(H,36,42)(H2,37,38,44)/t23?,24?,25?,26-,27-/m0/s1. The molecule has 5 amide bonds. The molecule has 47 heavy (non-hydrogen) atoms. The zero-order valence-electron chi connectivity index (χ0n) is 29.1. The number of ketones is 1. The fraction of sp³-hybridized carbons (Fsp3) is 0.853. The second-order valence-electron chi connectivity index (χ2n) is 16.1. The zero-order valence-corrected chi connectivity index (χ0v) is 29.9. The first-order chi connectivity index (χ1) is 21.9. The van der Waals surface area contributed by atoms with Crippen LogP contribution in [0.1, 0.15) is 106 Å². The molecule has 1 heterocycles. The molecule has 1 aliphatic heterocycles. The first-order valence-electron chi connectivity index (χ1n) is 17.6. The van der Waals surface area contributed by atoms with E-state index in [2.05, 4.69) is 29.8 Å². The van der Waals surface area contributed by atoms with Gasteiger partial charge >= 0.3 is 6.03 Å². The molecule has 0 aromatic carbocycles. The van der Waals surface area contributed by atoms with E-state index in [0.29, 0.717) is 32.2 Å². The first-order valence-corrected chi connectivity index (χ1v) is 19.4. The highest BCUT2D eigenvalue weighted by Crippen LogP contribution is 2.65. The Morgan fingerprint density at radius 1 is 0.936 bits per heavy atom. The SMILES string of the molecule is CC(C)CCS(=O)(=O)CC1(NC(=O)N[C@H](C(=O)N2CC3C([C@H]2C(=O)NC(CC2CCC2)C(=O)C(N)=O)C3(C)C)C(C)C)CCCCC1. The normalized spacial score (nSPS) is 26.1. The Balaban J connectivity index is 1.49. The number of piperidine rings is 1. The molecule has 3 aliphatic carbocycles. The van der Waals surface area contributed by atoms with Crippen LogP contribution in [0.5, 0.6) is 0 Å². The average molecular weight is 680 g/mol. The van der Waals surface area contributed by atoms with Crippen molar-refractivity contribution in [2.24, 2.45) is 40.7 Å². The van der Waals surface area contributed by atoms with Gasteiger partial charge in [-0.25, -0.2) is 13.2 Å². The van der Waals surface area contributed by atoms with E-state index in [9.17, 15) is 32.4 Å². The average Bonchev–Trinajstić information content (AvgIpc) is 3.26. The number of nitrogens with zero attached hydrogens (tertiary/aromatic N) is 1. The molecule has 4 fully saturated rings. The number of fused-ring (bicyclic) bond motifs is 1. The van der Waals surface area contributed by atoms with Gasteiger partial charge in [0.25, 0.3) is 5.91 Å². The van der Waals surface area contributed by atoms with Crippen molar-refractivity contribution in [2.45, 2.75) is 129 Å². The summed E-state index contributed by atoms with van der Waals surface area (Å²) in [5, 5.41) is 8.62. The number of hydrogen-bond donors (Lipinski definition) is 4. The molecule has 266 valence electrons. The molecule has 0 radical (unpaired) electrons. The third-order valence-corrected chi connectivity index (χ3v) is 13.2. The minimum absolute atomic E-state index is 0.0620. The second-order valence-corrected chi connectivity index (χ2v) is 18.3. The third kappa shape index (κ3) is 8.67. The third-order valence-electron chi connectivity index (χ3n) is 11.3. The van der Waals surface area contributed by atoms with Gasteiger partial charge in [-0.2, -0.15) is 0 Å². The molecule has 1 saturated heterocycles. The van der Waals surface area contributed by atoms with Crippen LogP contribution in [0, 0.1) is 35.0 Å². The van der Waals surface area contributed by atoms with Gasteiger partial charge in [-0.3, -0.25) is 19.2 Å². The maximum Gasteiger partial charge on any atom is 0.315 e. The largest absolute Gasteiger partial charge is 0.363 e. The fourth-order valence-corrected chi connectivity index (χ4v) is 10.3. The summed E-state index contributed by atoms with van der Waals surface area (Å²) < 4.78 is 26.2. The van der Waals surface area contributed by atoms with Gasteiger partial charge in [0, 0.05) is 6.54 Å². The van der Waals surface area contributed by atoms with Crippen molar-refractivity contribution >= 4 is 39.4 Å². The van der Waals surface area contributed by atoms with Crippen LogP contribution in [0.2, 0.25) is 0 Å². The van der Waals surface area contributed by atoms with Crippen LogP contribution in [0.15, 0.2) is 0 Å². The lowest BCUT2D eigenvalue weighted by molar-refractivity contribution is -0.144. The molecule has 0 aromatic heterocycles. The molecular formula is C34H57N5O7S. The number of Topliss-reactive ketones (excluding diaryl/α,β-unsaturated/α-hetero) is 1. The minimum atomic E-state index is -3.43. The summed E-state index contributed by atoms with van der Waals surface area (Å²) >= 11 is 0. The Hall–Kier alpha value is -2.70. The number of urea groups is 1. The van der Waals surface area contributed by atoms with E-state index >= 15 is 0 Å². The van der Waals surface area contributed by atoms with E-state index in [-0.39, 0.29) is 46.5 Å². The van der Waals surface area contributed by atoms with Crippen molar-refractivity contribution in [1.82, 2.24) is 20.9 Å². The summed E-state index contributed by atoms with van der Waals surface area (Å²) in [6, 6.07) is -3.48. The van der Waals surface area contributed by atoms with Gasteiger partial charge in [0.2, 0.25) is 17.6 Å². The number of carbonyl (C=O) groups excluding carboxylic acids is 5. The van der Waals surface area contributed by atoms with Gasteiger partial charge in [0.15, 0.2) is 9.84 Å². The van der Waals surface area contributed by atoms with E-state index in [0.717, 1.165) is 38.5 Å². The van der Waals surface area contributed by atoms with Crippen molar-refractivity contribution in [3.63, 3.8) is 0 Å². The lowest BCUT2D eigenvalue weighted by Gasteiger charge is -2.39. The number of nitrogens with two attached hydrogens (primary N) is 1. The number of nitrogens with one attached hydrogen (secondary N) is 3. The summed E-state index contributed by atoms with van der Waals surface area (Å²) in [7, 11) is -3.43. The molecule has 5 atom stereocenters. The van der Waals surface area contributed by atoms with Crippen molar-refractivity contribution < 1.29 is 32.4 Å². The van der Waals surface area contributed by atoms with E-state index in [4.69, 9.17) is 5.73 Å². The molecule has 13 heteroatoms. The van der Waals surface area contributed by atoms with Gasteiger partial charge in [-0.05, 0) is 60.7 Å². The highest BCUT2D eigenvalue weighted by Gasteiger charge is 2.69. The predicted octanol–water partition coefficient (Wildman–Crippen LogP) is 2.69. The molecule has 3 saturated carbocycles. The van der Waals surface area contributed by atoms with Crippen LogP contribution in [0.4, 0.5) is 4.79 Å². The van der Waals surface area contributed by atoms with Crippen LogP contribution < -0.4 is 21.7 Å². The molecule has 0 bridgehead atoms. The Morgan fingerprint density at radius 2 is 1.57 bits per heavy atom. The Labute approximate surface area is 280 Å².